The number of rotatable bonds is 7. The second-order valence-electron chi connectivity index (χ2n) is 5.88. The Labute approximate surface area is 157 Å². The first-order valence-corrected chi connectivity index (χ1v) is 9.73. The van der Waals surface area contributed by atoms with E-state index in [9.17, 15) is 14.7 Å². The minimum atomic E-state index is -0.304. The average molecular weight is 375 g/mol. The maximum absolute atomic E-state index is 12.9. The Bertz CT molecular complexity index is 827. The molecule has 0 saturated carbocycles. The van der Waals surface area contributed by atoms with Gasteiger partial charge >= 0.3 is 0 Å². The first kappa shape index (κ1) is 20.0. The summed E-state index contributed by atoms with van der Waals surface area (Å²) in [6.07, 6.45) is 0.382. The number of aryl methyl sites for hydroxylation is 1. The summed E-state index contributed by atoms with van der Waals surface area (Å²) < 4.78 is 1.47. The van der Waals surface area contributed by atoms with Crippen LogP contribution in [0.4, 0.5) is 0 Å². The van der Waals surface area contributed by atoms with Gasteiger partial charge in [-0.25, -0.2) is 0 Å². The zero-order valence-corrected chi connectivity index (χ0v) is 16.5. The zero-order chi connectivity index (χ0) is 19.3. The molecule has 140 valence electrons. The maximum atomic E-state index is 12.9. The molecule has 0 spiro atoms. The van der Waals surface area contributed by atoms with E-state index in [0.717, 1.165) is 17.3 Å². The smallest absolute Gasteiger partial charge is 0.265 e. The van der Waals surface area contributed by atoms with Gasteiger partial charge in [0.05, 0.1) is 17.0 Å². The molecule has 0 aliphatic carbocycles. The fourth-order valence-corrected chi connectivity index (χ4v) is 3.55. The van der Waals surface area contributed by atoms with Gasteiger partial charge in [0, 0.05) is 13.1 Å². The van der Waals surface area contributed by atoms with Gasteiger partial charge in [0.2, 0.25) is 11.8 Å². The van der Waals surface area contributed by atoms with Crippen LogP contribution in [0.25, 0.3) is 5.69 Å². The predicted molar refractivity (Wildman–Crippen MR) is 104 cm³/mol. The van der Waals surface area contributed by atoms with E-state index in [1.807, 2.05) is 45.0 Å². The van der Waals surface area contributed by atoms with Gasteiger partial charge in [-0.1, -0.05) is 36.4 Å². The van der Waals surface area contributed by atoms with Crippen molar-refractivity contribution < 1.29 is 9.90 Å². The molecule has 1 aromatic heterocycles. The normalized spacial score (nSPS) is 10.8. The standard InChI is InChI=1S/C19H25N3O3S/c1-5-15-17(24)20-19(26-12-16(23)21(6-2)7-3)22(18(15)25)14-10-8-13(4)9-11-14/h8-11,24H,5-7,12H2,1-4H3. The lowest BCUT2D eigenvalue weighted by Gasteiger charge is -2.19. The molecule has 0 aliphatic heterocycles. The third-order valence-electron chi connectivity index (χ3n) is 4.21. The molecular weight excluding hydrogens is 350 g/mol. The van der Waals surface area contributed by atoms with Gasteiger partial charge < -0.3 is 10.0 Å². The molecule has 1 N–H and O–H groups in total. The summed E-state index contributed by atoms with van der Waals surface area (Å²) in [6, 6.07) is 7.50. The van der Waals surface area contributed by atoms with E-state index in [-0.39, 0.29) is 28.7 Å². The van der Waals surface area contributed by atoms with E-state index < -0.39 is 0 Å². The molecular formula is C19H25N3O3S. The Kier molecular flexibility index (Phi) is 6.85. The van der Waals surface area contributed by atoms with Crippen LogP contribution in [0.2, 0.25) is 0 Å². The lowest BCUT2D eigenvalue weighted by molar-refractivity contribution is -0.127. The van der Waals surface area contributed by atoms with Crippen LogP contribution in [0, 0.1) is 6.92 Å². The van der Waals surface area contributed by atoms with Gasteiger partial charge in [0.15, 0.2) is 5.16 Å². The van der Waals surface area contributed by atoms with E-state index in [4.69, 9.17) is 0 Å². The number of aromatic nitrogens is 2. The van der Waals surface area contributed by atoms with Crippen LogP contribution in [0.5, 0.6) is 5.88 Å². The second-order valence-corrected chi connectivity index (χ2v) is 6.82. The minimum Gasteiger partial charge on any atom is -0.493 e. The van der Waals surface area contributed by atoms with Gasteiger partial charge in [0.1, 0.15) is 0 Å². The Morgan fingerprint density at radius 1 is 1.19 bits per heavy atom. The highest BCUT2D eigenvalue weighted by Crippen LogP contribution is 2.23. The molecule has 1 amide bonds. The summed E-state index contributed by atoms with van der Waals surface area (Å²) in [6.45, 7) is 8.89. The molecule has 26 heavy (non-hydrogen) atoms. The number of amides is 1. The van der Waals surface area contributed by atoms with Crippen molar-refractivity contribution >= 4 is 17.7 Å². The Morgan fingerprint density at radius 3 is 2.35 bits per heavy atom. The molecule has 1 aromatic carbocycles. The Balaban J connectivity index is 2.46. The summed E-state index contributed by atoms with van der Waals surface area (Å²) >= 11 is 1.16. The third kappa shape index (κ3) is 4.27. The molecule has 2 rings (SSSR count). The molecule has 0 unspecified atom stereocenters. The van der Waals surface area contributed by atoms with Crippen LogP contribution < -0.4 is 5.56 Å². The van der Waals surface area contributed by atoms with Crippen LogP contribution in [0.1, 0.15) is 31.9 Å². The topological polar surface area (TPSA) is 75.4 Å². The van der Waals surface area contributed by atoms with E-state index in [0.29, 0.717) is 30.4 Å². The van der Waals surface area contributed by atoms with Gasteiger partial charge in [-0.2, -0.15) is 4.98 Å². The number of carbonyl (C=O) groups excluding carboxylic acids is 1. The highest BCUT2D eigenvalue weighted by atomic mass is 32.2. The van der Waals surface area contributed by atoms with Gasteiger partial charge in [-0.05, 0) is 39.3 Å². The third-order valence-corrected chi connectivity index (χ3v) is 5.13. The van der Waals surface area contributed by atoms with Crippen molar-refractivity contribution in [2.45, 2.75) is 39.3 Å². The summed E-state index contributed by atoms with van der Waals surface area (Å²) in [7, 11) is 0. The van der Waals surface area contributed by atoms with Crippen LogP contribution in [0.3, 0.4) is 0 Å². The predicted octanol–water partition coefficient (Wildman–Crippen LogP) is 2.77. The van der Waals surface area contributed by atoms with Crippen molar-refractivity contribution in [3.05, 3.63) is 45.7 Å². The number of hydrogen-bond acceptors (Lipinski definition) is 5. The molecule has 1 heterocycles. The van der Waals surface area contributed by atoms with Crippen molar-refractivity contribution in [3.63, 3.8) is 0 Å². The van der Waals surface area contributed by atoms with Crippen molar-refractivity contribution in [1.82, 2.24) is 14.5 Å². The Morgan fingerprint density at radius 2 is 1.81 bits per heavy atom. The minimum absolute atomic E-state index is 0.0243. The summed E-state index contributed by atoms with van der Waals surface area (Å²) in [4.78, 5) is 31.1. The van der Waals surface area contributed by atoms with Crippen molar-refractivity contribution in [1.29, 1.82) is 0 Å². The van der Waals surface area contributed by atoms with Crippen molar-refractivity contribution in [2.75, 3.05) is 18.8 Å². The number of carbonyl (C=O) groups is 1. The molecule has 0 radical (unpaired) electrons. The first-order valence-electron chi connectivity index (χ1n) is 8.75. The van der Waals surface area contributed by atoms with Gasteiger partial charge in [-0.15, -0.1) is 0 Å². The highest BCUT2D eigenvalue weighted by Gasteiger charge is 2.19. The molecule has 0 saturated heterocycles. The molecule has 0 atom stereocenters. The summed E-state index contributed by atoms with van der Waals surface area (Å²) in [5.74, 6) is -0.132. The summed E-state index contributed by atoms with van der Waals surface area (Å²) in [5.41, 5.74) is 1.71. The lowest BCUT2D eigenvalue weighted by Crippen LogP contribution is -2.32. The molecule has 6 nitrogen and oxygen atoms in total. The number of thioether (sulfide) groups is 1. The van der Waals surface area contributed by atoms with E-state index in [2.05, 4.69) is 4.98 Å². The first-order chi connectivity index (χ1) is 12.4. The number of aromatic hydroxyl groups is 1. The molecule has 0 fully saturated rings. The molecule has 0 bridgehead atoms. The monoisotopic (exact) mass is 375 g/mol. The maximum Gasteiger partial charge on any atom is 0.265 e. The number of nitrogens with zero attached hydrogens (tertiary/aromatic N) is 3. The van der Waals surface area contributed by atoms with Crippen LogP contribution in [-0.4, -0.2) is 44.3 Å². The van der Waals surface area contributed by atoms with Crippen LogP contribution >= 0.6 is 11.8 Å². The van der Waals surface area contributed by atoms with E-state index in [1.165, 1.54) is 4.57 Å². The fraction of sp³-hybridized carbons (Fsp3) is 0.421. The van der Waals surface area contributed by atoms with Crippen molar-refractivity contribution in [3.8, 4) is 11.6 Å². The quantitative estimate of drug-likeness (QED) is 0.595. The second kappa shape index (κ2) is 8.89. The van der Waals surface area contributed by atoms with Crippen LogP contribution in [-0.2, 0) is 11.2 Å². The molecule has 7 heteroatoms. The van der Waals surface area contributed by atoms with Crippen molar-refractivity contribution in [2.24, 2.45) is 0 Å². The summed E-state index contributed by atoms with van der Waals surface area (Å²) in [5, 5.41) is 10.4. The average Bonchev–Trinajstić information content (AvgIpc) is 2.62. The molecule has 0 aliphatic rings. The van der Waals surface area contributed by atoms with E-state index >= 15 is 0 Å². The number of benzene rings is 1. The Hall–Kier alpha value is -2.28. The van der Waals surface area contributed by atoms with E-state index in [1.54, 1.807) is 11.8 Å². The molecule has 2 aromatic rings. The van der Waals surface area contributed by atoms with Gasteiger partial charge in [-0.3, -0.25) is 14.2 Å². The zero-order valence-electron chi connectivity index (χ0n) is 15.7. The highest BCUT2D eigenvalue weighted by molar-refractivity contribution is 7.99. The largest absolute Gasteiger partial charge is 0.493 e. The van der Waals surface area contributed by atoms with Crippen LogP contribution in [0.15, 0.2) is 34.2 Å². The SMILES string of the molecule is CCc1c(O)nc(SCC(=O)N(CC)CC)n(-c2ccc(C)cc2)c1=O. The van der Waals surface area contributed by atoms with Gasteiger partial charge in [0.25, 0.3) is 5.56 Å². The number of hydrogen-bond donors (Lipinski definition) is 1. The fourth-order valence-electron chi connectivity index (χ4n) is 2.65. The lowest BCUT2D eigenvalue weighted by atomic mass is 10.2.